The molecule has 0 aliphatic carbocycles. The third kappa shape index (κ3) is 5.16. The summed E-state index contributed by atoms with van der Waals surface area (Å²) < 4.78 is 0. The van der Waals surface area contributed by atoms with Gasteiger partial charge in [0, 0.05) is 0 Å². The number of hydrogen-bond donors (Lipinski definition) is 0. The Kier molecular flexibility index (Phi) is 7.31. The molecular weight excluding hydrogens is 793 g/mol. The predicted molar refractivity (Wildman–Crippen MR) is 285 cm³/mol. The molecule has 0 bridgehead atoms. The van der Waals surface area contributed by atoms with Crippen LogP contribution in [0, 0.1) is 0 Å². The lowest BCUT2D eigenvalue weighted by atomic mass is 9.85. The van der Waals surface area contributed by atoms with Gasteiger partial charge in [-0.3, -0.25) is 0 Å². The lowest BCUT2D eigenvalue weighted by molar-refractivity contribution is 1.57. The van der Waals surface area contributed by atoms with Crippen molar-refractivity contribution in [3.63, 3.8) is 0 Å². The van der Waals surface area contributed by atoms with Gasteiger partial charge in [-0.1, -0.05) is 194 Å². The zero-order chi connectivity index (χ0) is 43.0. The van der Waals surface area contributed by atoms with Crippen molar-refractivity contribution in [1.29, 1.82) is 0 Å². The van der Waals surface area contributed by atoms with Gasteiger partial charge >= 0.3 is 0 Å². The van der Waals surface area contributed by atoms with Crippen LogP contribution >= 0.6 is 0 Å². The Morgan fingerprint density at radius 1 is 0.152 bits per heavy atom. The number of hydrogen-bond acceptors (Lipinski definition) is 0. The Labute approximate surface area is 381 Å². The van der Waals surface area contributed by atoms with E-state index in [1.807, 2.05) is 0 Å². The third-order valence-corrected chi connectivity index (χ3v) is 14.8. The minimum atomic E-state index is 1.19. The molecule has 0 nitrogen and oxygen atoms in total. The molecule has 0 aromatic heterocycles. The van der Waals surface area contributed by atoms with Crippen molar-refractivity contribution in [1.82, 2.24) is 0 Å². The van der Waals surface area contributed by atoms with Gasteiger partial charge in [0.25, 0.3) is 0 Å². The van der Waals surface area contributed by atoms with Crippen LogP contribution in [0.1, 0.15) is 0 Å². The van der Waals surface area contributed by atoms with Crippen LogP contribution in [0.5, 0.6) is 0 Å². The summed E-state index contributed by atoms with van der Waals surface area (Å²) in [5, 5.41) is 23.4. The monoisotopic (exact) mass is 830 g/mol. The summed E-state index contributed by atoms with van der Waals surface area (Å²) in [6, 6.07) is 87.2. The third-order valence-electron chi connectivity index (χ3n) is 14.8. The van der Waals surface area contributed by atoms with Gasteiger partial charge in [-0.15, -0.1) is 0 Å². The van der Waals surface area contributed by atoms with E-state index >= 15 is 0 Å². The van der Waals surface area contributed by atoms with E-state index in [4.69, 9.17) is 0 Å². The Bertz CT molecular complexity index is 4220. The van der Waals surface area contributed by atoms with Gasteiger partial charge in [-0.25, -0.2) is 0 Å². The number of rotatable bonds is 5. The van der Waals surface area contributed by atoms with Crippen LogP contribution in [0.2, 0.25) is 0 Å². The maximum Gasteiger partial charge on any atom is -0.00206 e. The fraction of sp³-hybridized carbons (Fsp3) is 0. The highest BCUT2D eigenvalue weighted by Crippen LogP contribution is 2.46. The molecule has 66 heavy (non-hydrogen) atoms. The lowest BCUT2D eigenvalue weighted by Gasteiger charge is -2.19. The second-order valence-electron chi connectivity index (χ2n) is 18.4. The molecule has 0 aliphatic rings. The van der Waals surface area contributed by atoms with E-state index in [0.717, 1.165) is 0 Å². The largest absolute Gasteiger partial charge is 0.0622 e. The molecule has 0 heteroatoms. The normalized spacial score (nSPS) is 12.2. The molecule has 0 N–H and O–H groups in total. The van der Waals surface area contributed by atoms with Gasteiger partial charge in [0.2, 0.25) is 0 Å². The summed E-state index contributed by atoms with van der Waals surface area (Å²) in [6.07, 6.45) is 0. The maximum absolute atomic E-state index is 2.45. The molecule has 0 spiro atoms. The van der Waals surface area contributed by atoms with E-state index in [-0.39, 0.29) is 0 Å². The quantitative estimate of drug-likeness (QED) is 0.152. The molecule has 15 rings (SSSR count). The second-order valence-corrected chi connectivity index (χ2v) is 18.4. The van der Waals surface area contributed by atoms with Crippen molar-refractivity contribution in [3.8, 4) is 55.6 Å². The minimum absolute atomic E-state index is 1.19. The van der Waals surface area contributed by atoms with E-state index in [0.29, 0.717) is 0 Å². The molecule has 302 valence electrons. The summed E-state index contributed by atoms with van der Waals surface area (Å²) >= 11 is 0. The molecule has 15 aromatic rings. The van der Waals surface area contributed by atoms with Crippen molar-refractivity contribution in [3.05, 3.63) is 231 Å². The fourth-order valence-corrected chi connectivity index (χ4v) is 11.8. The Morgan fingerprint density at radius 2 is 0.409 bits per heavy atom. The average Bonchev–Trinajstić information content (AvgIpc) is 3.38. The highest BCUT2D eigenvalue weighted by atomic mass is 14.2. The molecule has 15 aromatic carbocycles. The highest BCUT2D eigenvalue weighted by molar-refractivity contribution is 6.28. The molecule has 0 saturated heterocycles. The van der Waals surface area contributed by atoms with Crippen molar-refractivity contribution >= 4 is 97.0 Å². The zero-order valence-corrected chi connectivity index (χ0v) is 35.9. The Morgan fingerprint density at radius 3 is 0.758 bits per heavy atom. The van der Waals surface area contributed by atoms with Crippen LogP contribution in [0.25, 0.3) is 153 Å². The molecule has 0 atom stereocenters. The predicted octanol–water partition coefficient (Wildman–Crippen LogP) is 18.7. The van der Waals surface area contributed by atoms with Gasteiger partial charge in [0.15, 0.2) is 0 Å². The highest BCUT2D eigenvalue weighted by Gasteiger charge is 2.19. The van der Waals surface area contributed by atoms with Crippen molar-refractivity contribution < 1.29 is 0 Å². The van der Waals surface area contributed by atoms with Gasteiger partial charge in [-0.2, -0.15) is 0 Å². The standard InChI is InChI=1S/C66H38/c1-2-7-39(8-3-1)49-33-50(35-52(34-49)55-27-21-46-18-15-40-9-4-12-43-24-30-58(55)64(46)61(40)43)51-36-53(56-28-22-47-19-16-41-10-5-13-44-25-31-59(56)65(47)62(41)44)38-54(37-51)57-29-23-48-20-17-42-11-6-14-45-26-32-60(57)66(48)63(42)45/h1-38H. The first-order valence-corrected chi connectivity index (χ1v) is 23.1. The SMILES string of the molecule is c1ccc(-c2cc(-c3cc(-c4ccc5ccc6cccc7ccc4c5c67)cc(-c4ccc5ccc6cccc7ccc4c5c67)c3)cc(-c3ccc4ccc5cccc6ccc3c4c56)c2)cc1. The molecular formula is C66H38. The average molecular weight is 831 g/mol. The molecule has 0 saturated carbocycles. The van der Waals surface area contributed by atoms with Crippen LogP contribution < -0.4 is 0 Å². The lowest BCUT2D eigenvalue weighted by Crippen LogP contribution is -1.92. The smallest absolute Gasteiger partial charge is 0.00206 e. The van der Waals surface area contributed by atoms with E-state index < -0.39 is 0 Å². The first-order chi connectivity index (χ1) is 32.7. The Hall–Kier alpha value is -8.58. The van der Waals surface area contributed by atoms with Gasteiger partial charge in [0.05, 0.1) is 0 Å². The van der Waals surface area contributed by atoms with Crippen LogP contribution in [0.15, 0.2) is 231 Å². The summed E-state index contributed by atoms with van der Waals surface area (Å²) in [4.78, 5) is 0. The molecule has 0 radical (unpaired) electrons. The van der Waals surface area contributed by atoms with Crippen LogP contribution in [-0.4, -0.2) is 0 Å². The van der Waals surface area contributed by atoms with Crippen LogP contribution in [0.4, 0.5) is 0 Å². The summed E-state index contributed by atoms with van der Waals surface area (Å²) in [6.45, 7) is 0. The molecule has 0 amide bonds. The van der Waals surface area contributed by atoms with Crippen molar-refractivity contribution in [2.45, 2.75) is 0 Å². The molecule has 0 fully saturated rings. The zero-order valence-electron chi connectivity index (χ0n) is 35.9. The van der Waals surface area contributed by atoms with Gasteiger partial charge < -0.3 is 0 Å². The summed E-state index contributed by atoms with van der Waals surface area (Å²) in [7, 11) is 0. The Balaban J connectivity index is 1.02. The topological polar surface area (TPSA) is 0 Å². The molecule has 0 unspecified atom stereocenters. The van der Waals surface area contributed by atoms with E-state index in [2.05, 4.69) is 231 Å². The number of benzene rings is 15. The van der Waals surface area contributed by atoms with E-state index in [9.17, 15) is 0 Å². The van der Waals surface area contributed by atoms with E-state index in [1.54, 1.807) is 0 Å². The van der Waals surface area contributed by atoms with Gasteiger partial charge in [0.1, 0.15) is 0 Å². The first-order valence-electron chi connectivity index (χ1n) is 23.1. The summed E-state index contributed by atoms with van der Waals surface area (Å²) in [5.41, 5.74) is 12.1. The first kappa shape index (κ1) is 35.8. The van der Waals surface area contributed by atoms with Crippen molar-refractivity contribution in [2.75, 3.05) is 0 Å². The van der Waals surface area contributed by atoms with Gasteiger partial charge in [-0.05, 0) is 189 Å². The molecule has 0 aliphatic heterocycles. The second kappa shape index (κ2) is 13.5. The maximum atomic E-state index is 2.45. The fourth-order valence-electron chi connectivity index (χ4n) is 11.8. The molecule has 0 heterocycles. The summed E-state index contributed by atoms with van der Waals surface area (Å²) in [5.74, 6) is 0. The van der Waals surface area contributed by atoms with Crippen molar-refractivity contribution in [2.24, 2.45) is 0 Å². The van der Waals surface area contributed by atoms with E-state index in [1.165, 1.54) is 153 Å². The minimum Gasteiger partial charge on any atom is -0.0622 e. The van der Waals surface area contributed by atoms with Crippen LogP contribution in [-0.2, 0) is 0 Å². The van der Waals surface area contributed by atoms with Crippen LogP contribution in [0.3, 0.4) is 0 Å².